The van der Waals surface area contributed by atoms with E-state index in [1.807, 2.05) is 0 Å². The van der Waals surface area contributed by atoms with E-state index in [1.54, 1.807) is 22.3 Å². The first-order valence-corrected chi connectivity index (χ1v) is 24.8. The van der Waals surface area contributed by atoms with E-state index in [0.717, 1.165) is 0 Å². The van der Waals surface area contributed by atoms with Crippen molar-refractivity contribution >= 4 is 18.1 Å². The Morgan fingerprint density at radius 2 is 0.850 bits per heavy atom. The van der Waals surface area contributed by atoms with Crippen molar-refractivity contribution in [3.63, 3.8) is 0 Å². The van der Waals surface area contributed by atoms with Crippen LogP contribution in [-0.4, -0.2) is 5.92 Å². The fraction of sp³-hybridized carbons (Fsp3) is 0.263. The first-order valence-electron chi connectivity index (χ1n) is 14.8. The third-order valence-corrected chi connectivity index (χ3v) is 31.5. The molecule has 2 heteroatoms. The zero-order valence-corrected chi connectivity index (χ0v) is 28.9. The summed E-state index contributed by atoms with van der Waals surface area (Å²) in [7, 11) is 0. The Kier molecular flexibility index (Phi) is 7.39. The van der Waals surface area contributed by atoms with Gasteiger partial charge < -0.3 is 0 Å². The molecule has 40 heavy (non-hydrogen) atoms. The van der Waals surface area contributed by atoms with Crippen molar-refractivity contribution in [3.8, 4) is 22.3 Å². The third-order valence-electron chi connectivity index (χ3n) is 9.39. The van der Waals surface area contributed by atoms with Crippen molar-refractivity contribution in [2.24, 2.45) is 0 Å². The molecule has 0 bridgehead atoms. The normalized spacial score (nSPS) is 17.5. The van der Waals surface area contributed by atoms with Gasteiger partial charge in [0.05, 0.1) is 0 Å². The van der Waals surface area contributed by atoms with Crippen LogP contribution in [0.4, 0.5) is 0 Å². The Bertz CT molecular complexity index is 1540. The summed E-state index contributed by atoms with van der Waals surface area (Å²) in [5.41, 5.74) is 20.7. The van der Waals surface area contributed by atoms with E-state index in [2.05, 4.69) is 140 Å². The summed E-state index contributed by atoms with van der Waals surface area (Å²) < 4.78 is 1.33. The maximum atomic E-state index is 2.66. The quantitative estimate of drug-likeness (QED) is 0.196. The maximum absolute atomic E-state index is 2.66. The van der Waals surface area contributed by atoms with Crippen LogP contribution in [0.25, 0.3) is 34.4 Å². The SMILES string of the molecule is CC1=Cc2c(-c3c(C)cccc3C)cccc2[CH]1[Zr]([CH]1C(C)=Cc2c(-c3c(C)cccc3C)cccc21)[SiH](C)C. The van der Waals surface area contributed by atoms with Crippen LogP contribution in [0.15, 0.2) is 83.9 Å². The third kappa shape index (κ3) is 4.43. The molecule has 0 spiro atoms. The van der Waals surface area contributed by atoms with E-state index in [1.165, 1.54) is 55.6 Å². The van der Waals surface area contributed by atoms with Crippen LogP contribution in [0.1, 0.15) is 65.6 Å². The Morgan fingerprint density at radius 3 is 1.20 bits per heavy atom. The Morgan fingerprint density at radius 1 is 0.500 bits per heavy atom. The summed E-state index contributed by atoms with van der Waals surface area (Å²) in [4.78, 5) is 0. The Labute approximate surface area is 250 Å². The average molecular weight is 617 g/mol. The molecule has 0 saturated carbocycles. The van der Waals surface area contributed by atoms with Crippen molar-refractivity contribution in [2.75, 3.05) is 0 Å². The summed E-state index contributed by atoms with van der Waals surface area (Å²) in [6.45, 7) is 19.3. The fourth-order valence-electron chi connectivity index (χ4n) is 7.74. The van der Waals surface area contributed by atoms with Gasteiger partial charge >= 0.3 is 252 Å². The van der Waals surface area contributed by atoms with Crippen LogP contribution in [0.5, 0.6) is 0 Å². The monoisotopic (exact) mass is 615 g/mol. The van der Waals surface area contributed by atoms with Gasteiger partial charge in [0, 0.05) is 0 Å². The second kappa shape index (κ2) is 10.7. The molecule has 2 atom stereocenters. The molecule has 2 aliphatic rings. The number of hydrogen-bond acceptors (Lipinski definition) is 0. The van der Waals surface area contributed by atoms with E-state index in [-0.39, 0.29) is 0 Å². The van der Waals surface area contributed by atoms with Gasteiger partial charge in [-0.2, -0.15) is 0 Å². The molecule has 0 radical (unpaired) electrons. The van der Waals surface area contributed by atoms with E-state index in [0.29, 0.717) is 7.25 Å². The van der Waals surface area contributed by atoms with Crippen LogP contribution >= 0.6 is 0 Å². The molecule has 0 aliphatic heterocycles. The van der Waals surface area contributed by atoms with Crippen LogP contribution in [0.2, 0.25) is 13.1 Å². The molecular weight excluding hydrogens is 576 g/mol. The minimum atomic E-state index is -2.07. The first-order chi connectivity index (χ1) is 19.2. The number of aryl methyl sites for hydroxylation is 4. The summed E-state index contributed by atoms with van der Waals surface area (Å²) >= 11 is -2.07. The van der Waals surface area contributed by atoms with E-state index >= 15 is 0 Å². The van der Waals surface area contributed by atoms with Crippen molar-refractivity contribution < 1.29 is 20.9 Å². The predicted octanol–water partition coefficient (Wildman–Crippen LogP) is 10.5. The molecule has 0 N–H and O–H groups in total. The van der Waals surface area contributed by atoms with Gasteiger partial charge in [-0.1, -0.05) is 0 Å². The van der Waals surface area contributed by atoms with Crippen LogP contribution in [0.3, 0.4) is 0 Å². The van der Waals surface area contributed by atoms with E-state index < -0.39 is 26.8 Å². The summed E-state index contributed by atoms with van der Waals surface area (Å²) in [6.07, 6.45) is 5.14. The molecule has 2 unspecified atom stereocenters. The average Bonchev–Trinajstić information content (AvgIpc) is 3.41. The fourth-order valence-corrected chi connectivity index (χ4v) is 31.0. The van der Waals surface area contributed by atoms with Crippen LogP contribution in [0, 0.1) is 27.7 Å². The topological polar surface area (TPSA) is 0 Å². The number of rotatable bonds is 5. The van der Waals surface area contributed by atoms with Crippen LogP contribution < -0.4 is 0 Å². The zero-order valence-electron chi connectivity index (χ0n) is 25.3. The van der Waals surface area contributed by atoms with Gasteiger partial charge in [-0.05, 0) is 0 Å². The summed E-state index contributed by atoms with van der Waals surface area (Å²) in [5, 5.41) is 0. The van der Waals surface area contributed by atoms with Crippen molar-refractivity contribution in [1.82, 2.24) is 0 Å². The standard InChI is InChI=1S/2C18H17.C2H7Si.Zr/c2*1-12-10-15-8-5-9-16(17(15)11-12)18-13(2)6-4-7-14(18)3;1-3-2;/h2*4-11H,1-3H3;3H,1-2H3;. The summed E-state index contributed by atoms with van der Waals surface area (Å²) in [6, 6.07) is 27.8. The Balaban J connectivity index is 1.49. The molecule has 4 aromatic rings. The Hall–Kier alpha value is -2.54. The molecule has 0 heterocycles. The van der Waals surface area contributed by atoms with E-state index in [4.69, 9.17) is 0 Å². The van der Waals surface area contributed by atoms with Crippen molar-refractivity contribution in [3.05, 3.63) is 128 Å². The molecule has 201 valence electrons. The first kappa shape index (κ1) is 27.6. The number of hydrogen-bond donors (Lipinski definition) is 0. The zero-order chi connectivity index (χ0) is 28.3. The molecule has 0 nitrogen and oxygen atoms in total. The number of allylic oxidation sites excluding steroid dienone is 2. The summed E-state index contributed by atoms with van der Waals surface area (Å²) in [5.74, 6) is -0.890. The van der Waals surface area contributed by atoms with Gasteiger partial charge in [0.1, 0.15) is 0 Å². The van der Waals surface area contributed by atoms with Crippen LogP contribution in [-0.2, 0) is 20.9 Å². The number of fused-ring (bicyclic) bond motifs is 2. The van der Waals surface area contributed by atoms with Gasteiger partial charge in [-0.15, -0.1) is 0 Å². The molecule has 4 aromatic carbocycles. The van der Waals surface area contributed by atoms with E-state index in [9.17, 15) is 0 Å². The molecule has 2 aliphatic carbocycles. The molecule has 0 saturated heterocycles. The molecule has 0 amide bonds. The molecule has 6 rings (SSSR count). The van der Waals surface area contributed by atoms with Gasteiger partial charge in [0.15, 0.2) is 0 Å². The van der Waals surface area contributed by atoms with Gasteiger partial charge in [0.2, 0.25) is 0 Å². The van der Waals surface area contributed by atoms with Crippen molar-refractivity contribution in [2.45, 2.75) is 61.9 Å². The van der Waals surface area contributed by atoms with Gasteiger partial charge in [0.25, 0.3) is 0 Å². The predicted molar refractivity (Wildman–Crippen MR) is 174 cm³/mol. The molecule has 0 fully saturated rings. The second-order valence-corrected chi connectivity index (χ2v) is 32.5. The molecular formula is C38H41SiZr. The number of benzene rings is 4. The van der Waals surface area contributed by atoms with Crippen molar-refractivity contribution in [1.29, 1.82) is 0 Å². The van der Waals surface area contributed by atoms with Gasteiger partial charge in [-0.3, -0.25) is 0 Å². The molecule has 0 aromatic heterocycles. The second-order valence-electron chi connectivity index (χ2n) is 12.4. The minimum absolute atomic E-state index is 0.663. The van der Waals surface area contributed by atoms with Gasteiger partial charge in [-0.25, -0.2) is 0 Å².